The first-order valence-corrected chi connectivity index (χ1v) is 4.98. The van der Waals surface area contributed by atoms with Gasteiger partial charge < -0.3 is 9.47 Å². The molecular formula is C12H16O3. The number of esters is 1. The highest BCUT2D eigenvalue weighted by Gasteiger charge is 2.04. The second-order valence-corrected chi connectivity index (χ2v) is 3.39. The monoisotopic (exact) mass is 208 g/mol. The molecule has 0 bridgehead atoms. The molecule has 0 fully saturated rings. The molecule has 0 atom stereocenters. The molecule has 3 nitrogen and oxygen atoms in total. The van der Waals surface area contributed by atoms with Gasteiger partial charge in [0.25, 0.3) is 0 Å². The summed E-state index contributed by atoms with van der Waals surface area (Å²) in [7, 11) is 1.62. The van der Waals surface area contributed by atoms with E-state index in [2.05, 4.69) is 0 Å². The lowest BCUT2D eigenvalue weighted by molar-refractivity contribution is -0.134. The minimum Gasteiger partial charge on any atom is -0.427 e. The fraction of sp³-hybridized carbons (Fsp3) is 0.417. The van der Waals surface area contributed by atoms with Crippen molar-refractivity contribution in [1.29, 1.82) is 0 Å². The van der Waals surface area contributed by atoms with Crippen LogP contribution in [0.15, 0.2) is 24.3 Å². The molecule has 0 spiro atoms. The van der Waals surface area contributed by atoms with Gasteiger partial charge in [-0.2, -0.15) is 0 Å². The van der Waals surface area contributed by atoms with Gasteiger partial charge in [0.2, 0.25) is 0 Å². The molecule has 0 heterocycles. The number of benzene rings is 1. The minimum atomic E-state index is -0.211. The van der Waals surface area contributed by atoms with Gasteiger partial charge in [0.05, 0.1) is 0 Å². The maximum absolute atomic E-state index is 11.3. The van der Waals surface area contributed by atoms with E-state index in [9.17, 15) is 4.79 Å². The lowest BCUT2D eigenvalue weighted by Gasteiger charge is -2.04. The van der Waals surface area contributed by atoms with Gasteiger partial charge in [-0.3, -0.25) is 4.79 Å². The summed E-state index contributed by atoms with van der Waals surface area (Å²) in [5.74, 6) is 0.398. The number of ether oxygens (including phenoxy) is 2. The molecule has 0 radical (unpaired) electrons. The first kappa shape index (κ1) is 11.7. The van der Waals surface area contributed by atoms with E-state index in [0.717, 1.165) is 5.56 Å². The number of methoxy groups -OCH3 is 1. The van der Waals surface area contributed by atoms with Crippen LogP contribution in [0.1, 0.15) is 18.4 Å². The van der Waals surface area contributed by atoms with E-state index in [4.69, 9.17) is 9.47 Å². The normalized spacial score (nSPS) is 10.0. The van der Waals surface area contributed by atoms with Crippen molar-refractivity contribution in [3.63, 3.8) is 0 Å². The molecule has 15 heavy (non-hydrogen) atoms. The second-order valence-electron chi connectivity index (χ2n) is 3.39. The second kappa shape index (κ2) is 6.19. The molecule has 0 unspecified atom stereocenters. The van der Waals surface area contributed by atoms with Crippen molar-refractivity contribution >= 4 is 5.97 Å². The van der Waals surface area contributed by atoms with Crippen LogP contribution < -0.4 is 4.74 Å². The maximum Gasteiger partial charge on any atom is 0.311 e. The number of carbonyl (C=O) groups excluding carboxylic acids is 1. The molecule has 1 aromatic carbocycles. The van der Waals surface area contributed by atoms with Crippen molar-refractivity contribution < 1.29 is 14.3 Å². The van der Waals surface area contributed by atoms with Gasteiger partial charge in [-0.15, -0.1) is 0 Å². The van der Waals surface area contributed by atoms with Gasteiger partial charge in [-0.25, -0.2) is 0 Å². The predicted octanol–water partition coefficient (Wildman–Crippen LogP) is 2.33. The molecule has 0 N–H and O–H groups in total. The zero-order chi connectivity index (χ0) is 11.1. The first-order valence-electron chi connectivity index (χ1n) is 4.98. The Labute approximate surface area is 90.0 Å². The molecule has 0 saturated carbocycles. The topological polar surface area (TPSA) is 35.5 Å². The Morgan fingerprint density at radius 1 is 1.40 bits per heavy atom. The Kier molecular flexibility index (Phi) is 4.84. The summed E-state index contributed by atoms with van der Waals surface area (Å²) >= 11 is 0. The molecule has 0 aliphatic rings. The Morgan fingerprint density at radius 3 is 2.87 bits per heavy atom. The zero-order valence-corrected chi connectivity index (χ0v) is 9.16. The summed E-state index contributed by atoms with van der Waals surface area (Å²) in [5, 5.41) is 0. The third-order valence-corrected chi connectivity index (χ3v) is 1.95. The van der Waals surface area contributed by atoms with Crippen LogP contribution >= 0.6 is 0 Å². The number of rotatable bonds is 5. The van der Waals surface area contributed by atoms with E-state index in [1.165, 1.54) is 0 Å². The summed E-state index contributed by atoms with van der Waals surface area (Å²) in [6.45, 7) is 2.55. The predicted molar refractivity (Wildman–Crippen MR) is 57.9 cm³/mol. The molecule has 0 aliphatic heterocycles. The molecule has 0 saturated heterocycles. The lowest BCUT2D eigenvalue weighted by atomic mass is 10.2. The number of hydrogen-bond donors (Lipinski definition) is 0. The summed E-state index contributed by atoms with van der Waals surface area (Å²) < 4.78 is 10.0. The van der Waals surface area contributed by atoms with Crippen molar-refractivity contribution in [3.05, 3.63) is 29.8 Å². The largest absolute Gasteiger partial charge is 0.427 e. The van der Waals surface area contributed by atoms with E-state index in [1.54, 1.807) is 13.2 Å². The maximum atomic E-state index is 11.3. The summed E-state index contributed by atoms with van der Waals surface area (Å²) in [6, 6.07) is 7.45. The average molecular weight is 208 g/mol. The Balaban J connectivity index is 2.37. The van der Waals surface area contributed by atoms with Gasteiger partial charge in [-0.05, 0) is 31.0 Å². The quantitative estimate of drug-likeness (QED) is 0.423. The van der Waals surface area contributed by atoms with Crippen molar-refractivity contribution in [2.45, 2.75) is 19.8 Å². The van der Waals surface area contributed by atoms with Crippen molar-refractivity contribution in [3.8, 4) is 5.75 Å². The summed E-state index contributed by atoms with van der Waals surface area (Å²) in [6.07, 6.45) is 1.09. The van der Waals surface area contributed by atoms with E-state index in [0.29, 0.717) is 25.2 Å². The van der Waals surface area contributed by atoms with Gasteiger partial charge in [0, 0.05) is 20.1 Å². The van der Waals surface area contributed by atoms with Gasteiger partial charge >= 0.3 is 5.97 Å². The number of aryl methyl sites for hydroxylation is 1. The number of carbonyl (C=O) groups is 1. The standard InChI is InChI=1S/C12H16O3/c1-10-5-3-6-11(9-10)15-12(13)7-4-8-14-2/h3,5-6,9H,4,7-8H2,1-2H3. The minimum absolute atomic E-state index is 0.211. The number of hydrogen-bond acceptors (Lipinski definition) is 3. The SMILES string of the molecule is COCCCC(=O)Oc1cccc(C)c1. The highest BCUT2D eigenvalue weighted by Crippen LogP contribution is 2.13. The Morgan fingerprint density at radius 2 is 2.20 bits per heavy atom. The average Bonchev–Trinajstić information content (AvgIpc) is 2.18. The van der Waals surface area contributed by atoms with E-state index in [1.807, 2.05) is 25.1 Å². The highest BCUT2D eigenvalue weighted by molar-refractivity contribution is 5.72. The third-order valence-electron chi connectivity index (χ3n) is 1.95. The van der Waals surface area contributed by atoms with Crippen LogP contribution in [0.25, 0.3) is 0 Å². The van der Waals surface area contributed by atoms with Gasteiger partial charge in [-0.1, -0.05) is 12.1 Å². The Hall–Kier alpha value is -1.35. The van der Waals surface area contributed by atoms with E-state index in [-0.39, 0.29) is 5.97 Å². The fourth-order valence-corrected chi connectivity index (χ4v) is 1.22. The van der Waals surface area contributed by atoms with Crippen molar-refractivity contribution in [2.75, 3.05) is 13.7 Å². The Bertz CT molecular complexity index is 320. The lowest BCUT2D eigenvalue weighted by Crippen LogP contribution is -2.08. The smallest absolute Gasteiger partial charge is 0.311 e. The first-order chi connectivity index (χ1) is 7.22. The molecule has 1 aromatic rings. The van der Waals surface area contributed by atoms with Crippen LogP contribution in [0.3, 0.4) is 0 Å². The molecule has 1 rings (SSSR count). The third kappa shape index (κ3) is 4.61. The molecule has 0 aromatic heterocycles. The molecule has 3 heteroatoms. The molecule has 0 aliphatic carbocycles. The molecule has 82 valence electrons. The summed E-state index contributed by atoms with van der Waals surface area (Å²) in [5.41, 5.74) is 1.08. The van der Waals surface area contributed by atoms with Gasteiger partial charge in [0.1, 0.15) is 5.75 Å². The summed E-state index contributed by atoms with van der Waals surface area (Å²) in [4.78, 5) is 11.3. The molecule has 0 amide bonds. The van der Waals surface area contributed by atoms with Crippen LogP contribution in [-0.2, 0) is 9.53 Å². The van der Waals surface area contributed by atoms with Crippen LogP contribution in [0.2, 0.25) is 0 Å². The fourth-order valence-electron chi connectivity index (χ4n) is 1.22. The van der Waals surface area contributed by atoms with E-state index >= 15 is 0 Å². The zero-order valence-electron chi connectivity index (χ0n) is 9.16. The molecular weight excluding hydrogens is 192 g/mol. The van der Waals surface area contributed by atoms with Crippen molar-refractivity contribution in [2.24, 2.45) is 0 Å². The van der Waals surface area contributed by atoms with Crippen LogP contribution in [-0.4, -0.2) is 19.7 Å². The van der Waals surface area contributed by atoms with Gasteiger partial charge in [0.15, 0.2) is 0 Å². The van der Waals surface area contributed by atoms with Crippen molar-refractivity contribution in [1.82, 2.24) is 0 Å². The van der Waals surface area contributed by atoms with Crippen LogP contribution in [0.5, 0.6) is 5.75 Å². The van der Waals surface area contributed by atoms with Crippen LogP contribution in [0, 0.1) is 6.92 Å². The highest BCUT2D eigenvalue weighted by atomic mass is 16.5. The van der Waals surface area contributed by atoms with E-state index < -0.39 is 0 Å². The van der Waals surface area contributed by atoms with Crippen LogP contribution in [0.4, 0.5) is 0 Å².